The molecule has 1 aliphatic carbocycles. The highest BCUT2D eigenvalue weighted by Crippen LogP contribution is 2.37. The van der Waals surface area contributed by atoms with E-state index in [0.717, 1.165) is 34.6 Å². The van der Waals surface area contributed by atoms with E-state index in [1.165, 1.54) is 0 Å². The second-order valence-corrected chi connectivity index (χ2v) is 4.36. The summed E-state index contributed by atoms with van der Waals surface area (Å²) in [5.41, 5.74) is 17.9. The first-order chi connectivity index (χ1) is 8.16. The van der Waals surface area contributed by atoms with Crippen molar-refractivity contribution in [3.8, 4) is 0 Å². The van der Waals surface area contributed by atoms with Gasteiger partial charge in [0.2, 0.25) is 5.70 Å². The molecule has 1 heterocycles. The monoisotopic (exact) mass is 224 g/mol. The number of nitrogens with zero attached hydrogens (tertiary/aromatic N) is 1. The van der Waals surface area contributed by atoms with Crippen molar-refractivity contribution in [2.45, 2.75) is 6.42 Å². The second-order valence-electron chi connectivity index (χ2n) is 4.36. The molecule has 0 spiro atoms. The largest absolute Gasteiger partial charge is 0.398 e. The van der Waals surface area contributed by atoms with Gasteiger partial charge in [-0.1, -0.05) is 6.07 Å². The van der Waals surface area contributed by atoms with Crippen LogP contribution >= 0.6 is 0 Å². The van der Waals surface area contributed by atoms with Crippen LogP contribution in [0.25, 0.3) is 0 Å². The Morgan fingerprint density at radius 2 is 2.06 bits per heavy atom. The van der Waals surface area contributed by atoms with Gasteiger partial charge in [0.05, 0.1) is 23.9 Å². The SMILES string of the molecule is CN1C2=C([C+]=C(N)C=C2)Cc2c(N)cccc21. The highest BCUT2D eigenvalue weighted by atomic mass is 15.1. The highest BCUT2D eigenvalue weighted by molar-refractivity contribution is 5.73. The molecule has 2 aliphatic rings. The van der Waals surface area contributed by atoms with E-state index in [-0.39, 0.29) is 0 Å². The van der Waals surface area contributed by atoms with Crippen molar-refractivity contribution in [1.82, 2.24) is 0 Å². The first-order valence-electron chi connectivity index (χ1n) is 5.58. The van der Waals surface area contributed by atoms with Gasteiger partial charge in [0.15, 0.2) is 5.70 Å². The Hall–Kier alpha value is -2.25. The zero-order valence-electron chi connectivity index (χ0n) is 9.70. The molecule has 0 atom stereocenters. The van der Waals surface area contributed by atoms with Crippen LogP contribution in [0.15, 0.2) is 47.3 Å². The van der Waals surface area contributed by atoms with Crippen LogP contribution in [0.4, 0.5) is 11.4 Å². The lowest BCUT2D eigenvalue weighted by molar-refractivity contribution is 0.986. The normalized spacial score (nSPS) is 17.2. The summed E-state index contributed by atoms with van der Waals surface area (Å²) in [4.78, 5) is 2.14. The first-order valence-corrected chi connectivity index (χ1v) is 5.58. The molecule has 1 aromatic rings. The summed E-state index contributed by atoms with van der Waals surface area (Å²) in [6.45, 7) is 0. The van der Waals surface area contributed by atoms with Gasteiger partial charge in [-0.15, -0.1) is 0 Å². The van der Waals surface area contributed by atoms with Gasteiger partial charge in [0.25, 0.3) is 0 Å². The van der Waals surface area contributed by atoms with Crippen LogP contribution in [-0.4, -0.2) is 7.05 Å². The van der Waals surface area contributed by atoms with Crippen molar-refractivity contribution in [3.63, 3.8) is 0 Å². The molecule has 0 unspecified atom stereocenters. The maximum absolute atomic E-state index is 6.03. The number of hydrogen-bond acceptors (Lipinski definition) is 3. The lowest BCUT2D eigenvalue weighted by atomic mass is 9.92. The van der Waals surface area contributed by atoms with Crippen LogP contribution in [0.5, 0.6) is 0 Å². The van der Waals surface area contributed by atoms with Crippen LogP contribution in [0.3, 0.4) is 0 Å². The zero-order chi connectivity index (χ0) is 12.0. The number of nitrogen functional groups attached to an aromatic ring is 1. The third-order valence-corrected chi connectivity index (χ3v) is 3.29. The van der Waals surface area contributed by atoms with Crippen molar-refractivity contribution < 1.29 is 0 Å². The number of hydrogen-bond donors (Lipinski definition) is 2. The summed E-state index contributed by atoms with van der Waals surface area (Å²) in [7, 11) is 2.04. The molecule has 0 amide bonds. The smallest absolute Gasteiger partial charge is 0.200 e. The van der Waals surface area contributed by atoms with Crippen LogP contribution in [-0.2, 0) is 6.42 Å². The maximum Gasteiger partial charge on any atom is 0.200 e. The molecule has 0 bridgehead atoms. The van der Waals surface area contributed by atoms with E-state index in [1.54, 1.807) is 0 Å². The molecule has 0 radical (unpaired) electrons. The molecule has 0 saturated heterocycles. The molecular weight excluding hydrogens is 210 g/mol. The zero-order valence-corrected chi connectivity index (χ0v) is 9.70. The van der Waals surface area contributed by atoms with Gasteiger partial charge in [-0.05, 0) is 12.1 Å². The van der Waals surface area contributed by atoms with E-state index < -0.39 is 0 Å². The van der Waals surface area contributed by atoms with E-state index in [1.807, 2.05) is 31.3 Å². The Morgan fingerprint density at radius 1 is 1.24 bits per heavy atom. The fourth-order valence-electron chi connectivity index (χ4n) is 2.40. The molecule has 84 valence electrons. The number of nitrogens with two attached hydrogens (primary N) is 2. The quantitative estimate of drug-likeness (QED) is 0.521. The fourth-order valence-corrected chi connectivity index (χ4v) is 2.40. The second kappa shape index (κ2) is 3.37. The standard InChI is InChI=1S/C14H14N3/c1-17-13-6-5-10(15)7-9(13)8-11-12(16)3-2-4-14(11)17/h2-6H,8,15-16H2,1H3/q+1. The van der Waals surface area contributed by atoms with Gasteiger partial charge in [-0.25, -0.2) is 0 Å². The predicted octanol–water partition coefficient (Wildman–Crippen LogP) is 1.73. The first kappa shape index (κ1) is 9.94. The summed E-state index contributed by atoms with van der Waals surface area (Å²) < 4.78 is 0. The van der Waals surface area contributed by atoms with E-state index >= 15 is 0 Å². The molecule has 3 rings (SSSR count). The predicted molar refractivity (Wildman–Crippen MR) is 70.1 cm³/mol. The van der Waals surface area contributed by atoms with E-state index in [4.69, 9.17) is 11.5 Å². The Labute approximate surface area is 101 Å². The summed E-state index contributed by atoms with van der Waals surface area (Å²) in [6, 6.07) is 6.01. The number of likely N-dealkylation sites (N-methyl/N-ethyl adjacent to an activating group) is 1. The average Bonchev–Trinajstić information content (AvgIpc) is 2.30. The Morgan fingerprint density at radius 3 is 2.88 bits per heavy atom. The van der Waals surface area contributed by atoms with E-state index in [9.17, 15) is 0 Å². The van der Waals surface area contributed by atoms with Gasteiger partial charge >= 0.3 is 0 Å². The molecule has 0 fully saturated rings. The minimum Gasteiger partial charge on any atom is -0.398 e. The third-order valence-electron chi connectivity index (χ3n) is 3.29. The number of rotatable bonds is 0. The van der Waals surface area contributed by atoms with Gasteiger partial charge in [-0.3, -0.25) is 4.90 Å². The molecular formula is C14H14N3+. The van der Waals surface area contributed by atoms with Crippen LogP contribution in [0, 0.1) is 6.08 Å². The van der Waals surface area contributed by atoms with Crippen molar-refractivity contribution >= 4 is 11.4 Å². The van der Waals surface area contributed by atoms with Crippen molar-refractivity contribution in [2.75, 3.05) is 17.7 Å². The molecule has 3 heteroatoms. The third kappa shape index (κ3) is 1.41. The van der Waals surface area contributed by atoms with Crippen molar-refractivity contribution in [3.05, 3.63) is 59.0 Å². The molecule has 1 aliphatic heterocycles. The van der Waals surface area contributed by atoms with Gasteiger partial charge in [0, 0.05) is 24.7 Å². The Kier molecular flexibility index (Phi) is 1.97. The minimum absolute atomic E-state index is 0.676. The van der Waals surface area contributed by atoms with Crippen molar-refractivity contribution in [2.24, 2.45) is 5.73 Å². The maximum atomic E-state index is 6.03. The van der Waals surface area contributed by atoms with Gasteiger partial charge < -0.3 is 11.5 Å². The minimum atomic E-state index is 0.676. The molecule has 17 heavy (non-hydrogen) atoms. The van der Waals surface area contributed by atoms with Crippen molar-refractivity contribution in [1.29, 1.82) is 0 Å². The van der Waals surface area contributed by atoms with E-state index in [2.05, 4.69) is 17.0 Å². The number of allylic oxidation sites excluding steroid dienone is 4. The number of fused-ring (bicyclic) bond motifs is 1. The fraction of sp³-hybridized carbons (Fsp3) is 0.143. The van der Waals surface area contributed by atoms with Gasteiger partial charge in [-0.2, -0.15) is 0 Å². The van der Waals surface area contributed by atoms with Crippen LogP contribution in [0.2, 0.25) is 0 Å². The lowest BCUT2D eigenvalue weighted by Crippen LogP contribution is -2.25. The molecule has 1 aromatic carbocycles. The topological polar surface area (TPSA) is 55.3 Å². The van der Waals surface area contributed by atoms with Crippen LogP contribution in [0.1, 0.15) is 5.56 Å². The Bertz CT molecular complexity index is 579. The summed E-state index contributed by atoms with van der Waals surface area (Å²) in [5.74, 6) is 0. The van der Waals surface area contributed by atoms with E-state index in [0.29, 0.717) is 5.70 Å². The van der Waals surface area contributed by atoms with Crippen LogP contribution < -0.4 is 16.4 Å². The summed E-state index contributed by atoms with van der Waals surface area (Å²) in [5, 5.41) is 0. The molecule has 3 nitrogen and oxygen atoms in total. The summed E-state index contributed by atoms with van der Waals surface area (Å²) >= 11 is 0. The highest BCUT2D eigenvalue weighted by Gasteiger charge is 2.29. The number of anilines is 2. The average molecular weight is 224 g/mol. The molecule has 0 saturated carbocycles. The summed E-state index contributed by atoms with van der Waals surface area (Å²) in [6.07, 6.45) is 7.92. The number of benzene rings is 1. The molecule has 0 aromatic heterocycles. The molecule has 4 N–H and O–H groups in total. The Balaban J connectivity index is 2.17. The lowest BCUT2D eigenvalue weighted by Gasteiger charge is -2.26. The van der Waals surface area contributed by atoms with Gasteiger partial charge in [0.1, 0.15) is 5.57 Å².